The van der Waals surface area contributed by atoms with Crippen molar-refractivity contribution >= 4 is 15.7 Å². The van der Waals surface area contributed by atoms with E-state index >= 15 is 0 Å². The number of rotatable bonds is 19. The third-order valence-electron chi connectivity index (χ3n) is 8.19. The summed E-state index contributed by atoms with van der Waals surface area (Å²) >= 11 is 0. The maximum absolute atomic E-state index is 13.7. The van der Waals surface area contributed by atoms with Gasteiger partial charge in [-0.3, -0.25) is 14.7 Å². The average molecular weight is 613 g/mol. The Bertz CT molecular complexity index is 1450. The number of pyridine rings is 3. The molecule has 0 aliphatic heterocycles. The number of hydrogen-bond acceptors (Lipinski definition) is 5. The predicted molar refractivity (Wildman–Crippen MR) is 184 cm³/mol. The second-order valence-electron chi connectivity index (χ2n) is 11.6. The number of nitrogens with zero attached hydrogens (tertiary/aromatic N) is 3. The van der Waals surface area contributed by atoms with Crippen LogP contribution in [0.1, 0.15) is 97.3 Å². The van der Waals surface area contributed by atoms with Crippen LogP contribution in [0.15, 0.2) is 85.2 Å². The molecule has 3 heterocycles. The SMILES string of the molecule is CCCCCCCCCCCCCC(CC)S(=O)(=O)Nc1ccccc1-c1cc(-c2ccccn2)nc(-c2ccccn2)c1. The van der Waals surface area contributed by atoms with Crippen LogP contribution >= 0.6 is 0 Å². The van der Waals surface area contributed by atoms with Crippen molar-refractivity contribution in [2.24, 2.45) is 0 Å². The standard InChI is InChI=1S/C37H48N4O2S/c1-3-5-6-7-8-9-10-11-12-13-14-21-31(4-2)44(42,43)41-33-23-16-15-22-32(33)30-28-36(34-24-17-19-26-38-34)40-37(29-30)35-25-18-20-27-39-35/h15-20,22-29,31,41H,3-14,21H2,1-2H3. The molecule has 0 amide bonds. The normalized spacial score (nSPS) is 12.2. The molecule has 0 spiro atoms. The summed E-state index contributed by atoms with van der Waals surface area (Å²) in [7, 11) is -3.58. The van der Waals surface area contributed by atoms with Crippen LogP contribution in [0.3, 0.4) is 0 Å². The van der Waals surface area contributed by atoms with Gasteiger partial charge in [0.05, 0.1) is 33.7 Å². The lowest BCUT2D eigenvalue weighted by Crippen LogP contribution is -2.27. The lowest BCUT2D eigenvalue weighted by atomic mass is 10.0. The first-order chi connectivity index (χ1) is 21.5. The summed E-state index contributed by atoms with van der Waals surface area (Å²) in [6.07, 6.45) is 18.5. The Morgan fingerprint density at radius 3 is 1.68 bits per heavy atom. The number of unbranched alkanes of at least 4 members (excludes halogenated alkanes) is 10. The minimum absolute atomic E-state index is 0.431. The van der Waals surface area contributed by atoms with Crippen LogP contribution in [0.25, 0.3) is 33.9 Å². The number of nitrogens with one attached hydrogen (secondary N) is 1. The van der Waals surface area contributed by atoms with Crippen LogP contribution in [-0.4, -0.2) is 28.6 Å². The van der Waals surface area contributed by atoms with Gasteiger partial charge in [-0.1, -0.05) is 115 Å². The molecule has 6 nitrogen and oxygen atoms in total. The summed E-state index contributed by atoms with van der Waals surface area (Å²) in [5.41, 5.74) is 5.07. The van der Waals surface area contributed by atoms with Gasteiger partial charge in [0, 0.05) is 18.0 Å². The fourth-order valence-corrected chi connectivity index (χ4v) is 7.22. The number of para-hydroxylation sites is 1. The minimum atomic E-state index is -3.58. The van der Waals surface area contributed by atoms with Crippen molar-refractivity contribution in [2.75, 3.05) is 4.72 Å². The molecular weight excluding hydrogens is 565 g/mol. The lowest BCUT2D eigenvalue weighted by molar-refractivity contribution is 0.529. The quantitative estimate of drug-likeness (QED) is 0.107. The molecule has 0 bridgehead atoms. The molecule has 0 radical (unpaired) electrons. The zero-order valence-electron chi connectivity index (χ0n) is 26.4. The maximum atomic E-state index is 13.7. The fraction of sp³-hybridized carbons (Fsp3) is 0.432. The van der Waals surface area contributed by atoms with Gasteiger partial charge in [0.1, 0.15) is 0 Å². The highest BCUT2D eigenvalue weighted by Crippen LogP contribution is 2.34. The largest absolute Gasteiger partial charge is 0.283 e. The van der Waals surface area contributed by atoms with Gasteiger partial charge in [0.15, 0.2) is 0 Å². The molecule has 44 heavy (non-hydrogen) atoms. The smallest absolute Gasteiger partial charge is 0.235 e. The van der Waals surface area contributed by atoms with E-state index in [0.717, 1.165) is 35.4 Å². The monoisotopic (exact) mass is 612 g/mol. The summed E-state index contributed by atoms with van der Waals surface area (Å²) in [5, 5.41) is -0.431. The molecular formula is C37H48N4O2S. The summed E-state index contributed by atoms with van der Waals surface area (Å²) in [6, 6.07) is 23.0. The predicted octanol–water partition coefficient (Wildman–Crippen LogP) is 10.1. The molecule has 0 aliphatic rings. The molecule has 0 fully saturated rings. The number of aromatic nitrogens is 3. The molecule has 7 heteroatoms. The van der Waals surface area contributed by atoms with E-state index in [1.54, 1.807) is 12.4 Å². The summed E-state index contributed by atoms with van der Waals surface area (Å²) in [5.74, 6) is 0. The zero-order valence-corrected chi connectivity index (χ0v) is 27.2. The van der Waals surface area contributed by atoms with Gasteiger partial charge in [-0.15, -0.1) is 0 Å². The highest BCUT2D eigenvalue weighted by molar-refractivity contribution is 7.93. The van der Waals surface area contributed by atoms with E-state index in [4.69, 9.17) is 4.98 Å². The summed E-state index contributed by atoms with van der Waals surface area (Å²) in [6.45, 7) is 4.22. The van der Waals surface area contributed by atoms with E-state index in [-0.39, 0.29) is 0 Å². The van der Waals surface area contributed by atoms with Crippen molar-refractivity contribution in [3.05, 3.63) is 85.2 Å². The van der Waals surface area contributed by atoms with Gasteiger partial charge < -0.3 is 0 Å². The van der Waals surface area contributed by atoms with E-state index < -0.39 is 15.3 Å². The van der Waals surface area contributed by atoms with Crippen molar-refractivity contribution in [3.8, 4) is 33.9 Å². The van der Waals surface area contributed by atoms with E-state index in [1.807, 2.05) is 79.7 Å². The molecule has 4 rings (SSSR count). The third-order valence-corrected chi connectivity index (χ3v) is 10.1. The Morgan fingerprint density at radius 1 is 0.636 bits per heavy atom. The first-order valence-electron chi connectivity index (χ1n) is 16.5. The molecule has 0 aliphatic carbocycles. The van der Waals surface area contributed by atoms with E-state index in [0.29, 0.717) is 29.9 Å². The Hall–Kier alpha value is -3.58. The molecule has 1 N–H and O–H groups in total. The molecule has 234 valence electrons. The van der Waals surface area contributed by atoms with E-state index in [1.165, 1.54) is 57.8 Å². The number of anilines is 1. The summed E-state index contributed by atoms with van der Waals surface area (Å²) in [4.78, 5) is 13.9. The average Bonchev–Trinajstić information content (AvgIpc) is 3.06. The van der Waals surface area contributed by atoms with Crippen molar-refractivity contribution < 1.29 is 8.42 Å². The maximum Gasteiger partial charge on any atom is 0.235 e. The molecule has 1 atom stereocenters. The van der Waals surface area contributed by atoms with Crippen molar-refractivity contribution in [2.45, 2.75) is 103 Å². The Morgan fingerprint density at radius 2 is 1.16 bits per heavy atom. The highest BCUT2D eigenvalue weighted by atomic mass is 32.2. The number of hydrogen-bond donors (Lipinski definition) is 1. The number of sulfonamides is 1. The second-order valence-corrected chi connectivity index (χ2v) is 13.6. The highest BCUT2D eigenvalue weighted by Gasteiger charge is 2.24. The van der Waals surface area contributed by atoms with Crippen molar-refractivity contribution in [3.63, 3.8) is 0 Å². The van der Waals surface area contributed by atoms with Crippen LogP contribution in [0, 0.1) is 0 Å². The number of benzene rings is 1. The van der Waals surface area contributed by atoms with Crippen LogP contribution in [0.4, 0.5) is 5.69 Å². The molecule has 1 aromatic carbocycles. The Kier molecular flexibility index (Phi) is 13.4. The Labute approximate surface area is 264 Å². The van der Waals surface area contributed by atoms with Gasteiger partial charge in [-0.2, -0.15) is 0 Å². The Balaban J connectivity index is 1.44. The molecule has 4 aromatic rings. The van der Waals surface area contributed by atoms with Gasteiger partial charge in [-0.05, 0) is 60.9 Å². The van der Waals surface area contributed by atoms with Gasteiger partial charge in [0.25, 0.3) is 0 Å². The van der Waals surface area contributed by atoms with Gasteiger partial charge in [-0.25, -0.2) is 13.4 Å². The zero-order chi connectivity index (χ0) is 31.0. The lowest BCUT2D eigenvalue weighted by Gasteiger charge is -2.19. The molecule has 3 aromatic heterocycles. The van der Waals surface area contributed by atoms with Crippen LogP contribution in [-0.2, 0) is 10.0 Å². The molecule has 0 saturated carbocycles. The van der Waals surface area contributed by atoms with Crippen molar-refractivity contribution in [1.82, 2.24) is 15.0 Å². The van der Waals surface area contributed by atoms with Crippen molar-refractivity contribution in [1.29, 1.82) is 0 Å². The van der Waals surface area contributed by atoms with Crippen LogP contribution in [0.2, 0.25) is 0 Å². The van der Waals surface area contributed by atoms with Gasteiger partial charge >= 0.3 is 0 Å². The molecule has 0 saturated heterocycles. The fourth-order valence-electron chi connectivity index (χ4n) is 5.65. The first-order valence-corrected chi connectivity index (χ1v) is 18.0. The van der Waals surface area contributed by atoms with Gasteiger partial charge in [0.2, 0.25) is 10.0 Å². The van der Waals surface area contributed by atoms with Crippen LogP contribution in [0.5, 0.6) is 0 Å². The topological polar surface area (TPSA) is 84.8 Å². The minimum Gasteiger partial charge on any atom is -0.283 e. The van der Waals surface area contributed by atoms with Crippen LogP contribution < -0.4 is 4.72 Å². The summed E-state index contributed by atoms with van der Waals surface area (Å²) < 4.78 is 30.3. The molecule has 1 unspecified atom stereocenters. The third kappa shape index (κ3) is 9.98. The van der Waals surface area contributed by atoms with E-state index in [9.17, 15) is 8.42 Å². The van der Waals surface area contributed by atoms with E-state index in [2.05, 4.69) is 21.6 Å². The second kappa shape index (κ2) is 17.6. The first kappa shape index (κ1) is 33.3.